The predicted octanol–water partition coefficient (Wildman–Crippen LogP) is 2.27. The van der Waals surface area contributed by atoms with Gasteiger partial charge in [0.05, 0.1) is 13.2 Å². The second kappa shape index (κ2) is 3.39. The molecule has 3 rings (SSSR count). The third kappa shape index (κ3) is 1.47. The third-order valence-corrected chi connectivity index (χ3v) is 3.22. The van der Waals surface area contributed by atoms with E-state index in [0.717, 1.165) is 18.1 Å². The summed E-state index contributed by atoms with van der Waals surface area (Å²) in [5.74, 6) is 1.73. The van der Waals surface area contributed by atoms with E-state index in [0.29, 0.717) is 19.8 Å². The molecule has 2 aliphatic heterocycles. The van der Waals surface area contributed by atoms with E-state index in [9.17, 15) is 0 Å². The van der Waals surface area contributed by atoms with E-state index in [4.69, 9.17) is 14.2 Å². The minimum Gasteiger partial charge on any atom is -0.486 e. The van der Waals surface area contributed by atoms with Gasteiger partial charge in [0, 0.05) is 5.41 Å². The number of ether oxygens (including phenoxy) is 3. The SMILES string of the molecule is CC1(C)COCc2cc3c(cc21)OCCO3. The second-order valence-corrected chi connectivity index (χ2v) is 5.03. The van der Waals surface area contributed by atoms with Crippen molar-refractivity contribution in [1.29, 1.82) is 0 Å². The summed E-state index contributed by atoms with van der Waals surface area (Å²) in [5, 5.41) is 0. The fourth-order valence-electron chi connectivity index (χ4n) is 2.37. The van der Waals surface area contributed by atoms with Crippen molar-refractivity contribution in [2.24, 2.45) is 0 Å². The first-order chi connectivity index (χ1) is 7.67. The highest BCUT2D eigenvalue weighted by molar-refractivity contribution is 5.50. The van der Waals surface area contributed by atoms with Gasteiger partial charge in [-0.3, -0.25) is 0 Å². The molecule has 0 unspecified atom stereocenters. The van der Waals surface area contributed by atoms with Crippen LogP contribution in [0.1, 0.15) is 25.0 Å². The van der Waals surface area contributed by atoms with Gasteiger partial charge in [0.25, 0.3) is 0 Å². The minimum absolute atomic E-state index is 0.0589. The van der Waals surface area contributed by atoms with Crippen LogP contribution in [0.5, 0.6) is 11.5 Å². The maximum atomic E-state index is 5.62. The molecule has 0 N–H and O–H groups in total. The molecule has 0 spiro atoms. The second-order valence-electron chi connectivity index (χ2n) is 5.03. The Labute approximate surface area is 95.3 Å². The molecular weight excluding hydrogens is 204 g/mol. The lowest BCUT2D eigenvalue weighted by atomic mass is 9.81. The van der Waals surface area contributed by atoms with Crippen LogP contribution in [0.15, 0.2) is 12.1 Å². The van der Waals surface area contributed by atoms with Crippen molar-refractivity contribution >= 4 is 0 Å². The molecule has 0 bridgehead atoms. The zero-order valence-electron chi connectivity index (χ0n) is 9.71. The van der Waals surface area contributed by atoms with Gasteiger partial charge in [0.1, 0.15) is 13.2 Å². The molecule has 0 fully saturated rings. The lowest BCUT2D eigenvalue weighted by Crippen LogP contribution is -2.30. The Kier molecular flexibility index (Phi) is 2.11. The molecule has 1 aromatic carbocycles. The van der Waals surface area contributed by atoms with Crippen LogP contribution in [0, 0.1) is 0 Å². The van der Waals surface area contributed by atoms with E-state index >= 15 is 0 Å². The molecule has 0 aromatic heterocycles. The number of hydrogen-bond donors (Lipinski definition) is 0. The summed E-state index contributed by atoms with van der Waals surface area (Å²) in [7, 11) is 0. The Bertz CT molecular complexity index is 423. The molecule has 0 saturated heterocycles. The average molecular weight is 220 g/mol. The van der Waals surface area contributed by atoms with Gasteiger partial charge in [0.2, 0.25) is 0 Å². The summed E-state index contributed by atoms with van der Waals surface area (Å²) in [5.41, 5.74) is 2.60. The van der Waals surface area contributed by atoms with Crippen LogP contribution in [0.25, 0.3) is 0 Å². The number of rotatable bonds is 0. The number of hydrogen-bond acceptors (Lipinski definition) is 3. The van der Waals surface area contributed by atoms with Gasteiger partial charge in [-0.2, -0.15) is 0 Å². The van der Waals surface area contributed by atoms with Crippen LogP contribution < -0.4 is 9.47 Å². The molecule has 86 valence electrons. The number of benzene rings is 1. The monoisotopic (exact) mass is 220 g/mol. The Morgan fingerprint density at radius 3 is 2.50 bits per heavy atom. The van der Waals surface area contributed by atoms with Crippen LogP contribution >= 0.6 is 0 Å². The van der Waals surface area contributed by atoms with Crippen molar-refractivity contribution in [3.8, 4) is 11.5 Å². The smallest absolute Gasteiger partial charge is 0.161 e. The molecule has 3 nitrogen and oxygen atoms in total. The van der Waals surface area contributed by atoms with E-state index in [1.807, 2.05) is 0 Å². The van der Waals surface area contributed by atoms with E-state index in [-0.39, 0.29) is 5.41 Å². The quantitative estimate of drug-likeness (QED) is 0.671. The van der Waals surface area contributed by atoms with E-state index in [1.165, 1.54) is 11.1 Å². The van der Waals surface area contributed by atoms with E-state index in [2.05, 4.69) is 26.0 Å². The van der Waals surface area contributed by atoms with E-state index < -0.39 is 0 Å². The van der Waals surface area contributed by atoms with Crippen molar-refractivity contribution in [3.63, 3.8) is 0 Å². The first-order valence-electron chi connectivity index (χ1n) is 5.67. The van der Waals surface area contributed by atoms with Gasteiger partial charge in [-0.25, -0.2) is 0 Å². The van der Waals surface area contributed by atoms with Crippen LogP contribution in [-0.4, -0.2) is 19.8 Å². The van der Waals surface area contributed by atoms with Crippen LogP contribution in [0.2, 0.25) is 0 Å². The van der Waals surface area contributed by atoms with Crippen molar-refractivity contribution < 1.29 is 14.2 Å². The Morgan fingerprint density at radius 1 is 1.06 bits per heavy atom. The summed E-state index contributed by atoms with van der Waals surface area (Å²) in [6, 6.07) is 4.18. The van der Waals surface area contributed by atoms with Crippen LogP contribution in [-0.2, 0) is 16.8 Å². The molecule has 0 radical (unpaired) electrons. The van der Waals surface area contributed by atoms with E-state index in [1.54, 1.807) is 0 Å². The molecule has 1 aromatic rings. The van der Waals surface area contributed by atoms with Gasteiger partial charge in [-0.05, 0) is 23.3 Å². The maximum Gasteiger partial charge on any atom is 0.161 e. The highest BCUT2D eigenvalue weighted by atomic mass is 16.6. The normalized spacial score (nSPS) is 21.4. The zero-order valence-corrected chi connectivity index (χ0v) is 9.71. The summed E-state index contributed by atoms with van der Waals surface area (Å²) >= 11 is 0. The fourth-order valence-corrected chi connectivity index (χ4v) is 2.37. The maximum absolute atomic E-state index is 5.62. The first-order valence-corrected chi connectivity index (χ1v) is 5.67. The lowest BCUT2D eigenvalue weighted by Gasteiger charge is -2.33. The van der Waals surface area contributed by atoms with Crippen LogP contribution in [0.4, 0.5) is 0 Å². The van der Waals surface area contributed by atoms with Crippen LogP contribution in [0.3, 0.4) is 0 Å². The highest BCUT2D eigenvalue weighted by Crippen LogP contribution is 2.40. The van der Waals surface area contributed by atoms with Gasteiger partial charge in [-0.15, -0.1) is 0 Å². The zero-order chi connectivity index (χ0) is 11.2. The van der Waals surface area contributed by atoms with Gasteiger partial charge in [-0.1, -0.05) is 13.8 Å². The standard InChI is InChI=1S/C13H16O3/c1-13(2)8-14-7-9-5-11-12(6-10(9)13)16-4-3-15-11/h5-6H,3-4,7-8H2,1-2H3. The molecule has 2 aliphatic rings. The van der Waals surface area contributed by atoms with Crippen molar-refractivity contribution in [1.82, 2.24) is 0 Å². The predicted molar refractivity (Wildman–Crippen MR) is 60.1 cm³/mol. The first kappa shape index (κ1) is 9.97. The van der Waals surface area contributed by atoms with Crippen molar-refractivity contribution in [2.45, 2.75) is 25.9 Å². The van der Waals surface area contributed by atoms with Gasteiger partial charge < -0.3 is 14.2 Å². The van der Waals surface area contributed by atoms with Crippen molar-refractivity contribution in [3.05, 3.63) is 23.3 Å². The van der Waals surface area contributed by atoms with Gasteiger partial charge in [0.15, 0.2) is 11.5 Å². The average Bonchev–Trinajstić information content (AvgIpc) is 2.27. The molecule has 0 saturated carbocycles. The molecule has 16 heavy (non-hydrogen) atoms. The molecule has 0 atom stereocenters. The Hall–Kier alpha value is -1.22. The Morgan fingerprint density at radius 2 is 1.75 bits per heavy atom. The van der Waals surface area contributed by atoms with Crippen molar-refractivity contribution in [2.75, 3.05) is 19.8 Å². The Balaban J connectivity index is 2.12. The summed E-state index contributed by atoms with van der Waals surface area (Å²) < 4.78 is 16.8. The molecule has 0 aliphatic carbocycles. The summed E-state index contributed by atoms with van der Waals surface area (Å²) in [6.45, 7) is 7.11. The topological polar surface area (TPSA) is 27.7 Å². The molecule has 3 heteroatoms. The molecule has 0 amide bonds. The van der Waals surface area contributed by atoms with Gasteiger partial charge >= 0.3 is 0 Å². The minimum atomic E-state index is 0.0589. The highest BCUT2D eigenvalue weighted by Gasteiger charge is 2.30. The summed E-state index contributed by atoms with van der Waals surface area (Å²) in [6.07, 6.45) is 0. The summed E-state index contributed by atoms with van der Waals surface area (Å²) in [4.78, 5) is 0. The number of fused-ring (bicyclic) bond motifs is 2. The third-order valence-electron chi connectivity index (χ3n) is 3.22. The molecule has 2 heterocycles. The fraction of sp³-hybridized carbons (Fsp3) is 0.538. The largest absolute Gasteiger partial charge is 0.486 e. The lowest BCUT2D eigenvalue weighted by molar-refractivity contribution is 0.0631. The molecular formula is C13H16O3.